The van der Waals surface area contributed by atoms with Crippen LogP contribution in [0.2, 0.25) is 0 Å². The molecule has 0 aromatic rings. The maximum Gasteiger partial charge on any atom is 0.322 e. The zero-order valence-electron chi connectivity index (χ0n) is 26.9. The Bertz CT molecular complexity index is 1000. The summed E-state index contributed by atoms with van der Waals surface area (Å²) in [4.78, 5) is 79.0. The van der Waals surface area contributed by atoms with Crippen molar-refractivity contribution >= 4 is 69.3 Å². The molecule has 1 saturated heterocycles. The van der Waals surface area contributed by atoms with Gasteiger partial charge in [-0.3, -0.25) is 38.4 Å². The second-order valence-electron chi connectivity index (χ2n) is 9.17. The monoisotopic (exact) mass is 771 g/mol. The van der Waals surface area contributed by atoms with E-state index in [1.807, 2.05) is 0 Å². The first-order valence-electron chi connectivity index (χ1n) is 13.8. The van der Waals surface area contributed by atoms with Crippen LogP contribution in [0.1, 0.15) is 32.6 Å². The molecule has 1 fully saturated rings. The number of carboxylic acids is 8. The summed E-state index contributed by atoms with van der Waals surface area (Å²) < 4.78 is 0. The fraction of sp³-hybridized carbons (Fsp3) is 0.667. The Hall–Kier alpha value is -3.86. The van der Waals surface area contributed by atoms with Gasteiger partial charge >= 0.3 is 47.8 Å². The largest absolute Gasteiger partial charge is 0.481 e. The zero-order chi connectivity index (χ0) is 40.6. The molecule has 0 aromatic heterocycles. The van der Waals surface area contributed by atoms with E-state index in [1.54, 1.807) is 0 Å². The third-order valence-corrected chi connectivity index (χ3v) is 7.11. The van der Waals surface area contributed by atoms with Gasteiger partial charge in [0.05, 0.1) is 13.2 Å². The Labute approximate surface area is 293 Å². The molecular formula is C24H49N7O17S2. The standard InChI is InChI=1S/C6H12N2O4S2.C5H9NO4.C5H9NO2.C3H7NO3.C3H7NO2.C2H5NO2/c7-3(5(9)10)1-13-14-2-4(8)6(11)12;6-3(5(9)10)1-2-4(7)8;7-5(8)4-2-1-3-6-4;4-2(1-5)3(6)7;1-2(4)3(5)6;3-1-2(4)5/h3-4H,1-2,7-8H2,(H,9,10)(H,11,12);3H,1-2,6H2,(H,7,8)(H,9,10);4,6H,1-3H2,(H,7,8);2,5H,1,4H2,(H,6,7);2H,4H2,1H3,(H,5,6);1,3H2,(H,4,5)/t;;4-;;;/m..0.../s1. The molecule has 0 aliphatic carbocycles. The van der Waals surface area contributed by atoms with Crippen molar-refractivity contribution < 1.29 is 84.3 Å². The van der Waals surface area contributed by atoms with Gasteiger partial charge in [-0.25, -0.2) is 0 Å². The quantitative estimate of drug-likeness (QED) is 0.0516. The number of rotatable bonds is 16. The van der Waals surface area contributed by atoms with Gasteiger partial charge in [0.25, 0.3) is 0 Å². The fourth-order valence-electron chi connectivity index (χ4n) is 1.76. The Morgan fingerprint density at radius 2 is 1.02 bits per heavy atom. The lowest BCUT2D eigenvalue weighted by molar-refractivity contribution is -0.141. The van der Waals surface area contributed by atoms with E-state index in [0.29, 0.717) is 0 Å². The number of nitrogens with two attached hydrogens (primary N) is 6. The molecule has 6 atom stereocenters. The number of hydrogen-bond donors (Lipinski definition) is 16. The second kappa shape index (κ2) is 35.0. The van der Waals surface area contributed by atoms with Crippen molar-refractivity contribution in [2.45, 2.75) is 68.9 Å². The predicted molar refractivity (Wildman–Crippen MR) is 178 cm³/mol. The summed E-state index contributed by atoms with van der Waals surface area (Å²) >= 11 is 0. The smallest absolute Gasteiger partial charge is 0.322 e. The Kier molecular flexibility index (Phi) is 38.9. The molecule has 1 aliphatic rings. The van der Waals surface area contributed by atoms with Crippen molar-refractivity contribution in [3.63, 3.8) is 0 Å². The first-order valence-corrected chi connectivity index (χ1v) is 16.2. The summed E-state index contributed by atoms with van der Waals surface area (Å²) in [6.45, 7) is 1.49. The third-order valence-electron chi connectivity index (χ3n) is 4.64. The van der Waals surface area contributed by atoms with Gasteiger partial charge in [-0.1, -0.05) is 21.6 Å². The lowest BCUT2D eigenvalue weighted by Gasteiger charge is -2.07. The summed E-state index contributed by atoms with van der Waals surface area (Å²) in [7, 11) is 2.41. The topological polar surface area (TPSA) is 487 Å². The first-order chi connectivity index (χ1) is 22.9. The Morgan fingerprint density at radius 1 is 0.660 bits per heavy atom. The fourth-order valence-corrected chi connectivity index (χ4v) is 3.99. The van der Waals surface area contributed by atoms with E-state index < -0.39 is 84.6 Å². The molecule has 1 aliphatic heterocycles. The highest BCUT2D eigenvalue weighted by Crippen LogP contribution is 2.22. The molecule has 0 aromatic carbocycles. The molecule has 24 nitrogen and oxygen atoms in total. The Balaban J connectivity index is -0.000000168. The van der Waals surface area contributed by atoms with E-state index in [-0.39, 0.29) is 36.9 Å². The normalized spacial score (nSPS) is 15.4. The molecule has 294 valence electrons. The van der Waals surface area contributed by atoms with Crippen molar-refractivity contribution in [1.29, 1.82) is 0 Å². The predicted octanol–water partition coefficient (Wildman–Crippen LogP) is -4.88. The van der Waals surface area contributed by atoms with Gasteiger partial charge in [-0.2, -0.15) is 0 Å². The lowest BCUT2D eigenvalue weighted by Crippen LogP contribution is -2.33. The van der Waals surface area contributed by atoms with Gasteiger partial charge in [0.2, 0.25) is 0 Å². The highest BCUT2D eigenvalue weighted by atomic mass is 33.1. The summed E-state index contributed by atoms with van der Waals surface area (Å²) in [6, 6.07) is -5.03. The van der Waals surface area contributed by atoms with E-state index in [2.05, 4.69) is 11.1 Å². The minimum absolute atomic E-state index is 0.0231. The number of aliphatic carboxylic acids is 8. The summed E-state index contributed by atoms with van der Waals surface area (Å²) in [5.41, 5.74) is 29.6. The van der Waals surface area contributed by atoms with Crippen LogP contribution in [0.5, 0.6) is 0 Å². The summed E-state index contributed by atoms with van der Waals surface area (Å²) in [5, 5.41) is 75.7. The molecule has 50 heavy (non-hydrogen) atoms. The van der Waals surface area contributed by atoms with Gasteiger partial charge in [0, 0.05) is 17.9 Å². The van der Waals surface area contributed by atoms with Gasteiger partial charge in [0.15, 0.2) is 0 Å². The van der Waals surface area contributed by atoms with E-state index in [9.17, 15) is 38.4 Å². The van der Waals surface area contributed by atoms with Crippen LogP contribution in [-0.4, -0.2) is 161 Å². The minimum atomic E-state index is -1.18. The average Bonchev–Trinajstić information content (AvgIpc) is 3.58. The molecule has 5 unspecified atom stereocenters. The van der Waals surface area contributed by atoms with Crippen molar-refractivity contribution in [3.8, 4) is 0 Å². The van der Waals surface area contributed by atoms with Gasteiger partial charge in [0.1, 0.15) is 36.3 Å². The molecule has 0 bridgehead atoms. The first kappa shape index (κ1) is 55.5. The van der Waals surface area contributed by atoms with Gasteiger partial charge < -0.3 is 85.7 Å². The number of aliphatic hydroxyl groups is 1. The number of aliphatic hydroxyl groups excluding tert-OH is 1. The zero-order valence-corrected chi connectivity index (χ0v) is 28.5. The Morgan fingerprint density at radius 3 is 1.18 bits per heavy atom. The van der Waals surface area contributed by atoms with Crippen molar-refractivity contribution in [1.82, 2.24) is 5.32 Å². The third kappa shape index (κ3) is 44.1. The van der Waals surface area contributed by atoms with Crippen LogP contribution >= 0.6 is 21.6 Å². The van der Waals surface area contributed by atoms with Crippen molar-refractivity contribution in [2.75, 3.05) is 31.2 Å². The molecule has 0 saturated carbocycles. The molecular weight excluding hydrogens is 722 g/mol. The number of hydrogen-bond acceptors (Lipinski definition) is 18. The highest BCUT2D eigenvalue weighted by Gasteiger charge is 2.20. The average molecular weight is 772 g/mol. The van der Waals surface area contributed by atoms with Crippen LogP contribution in [0, 0.1) is 0 Å². The van der Waals surface area contributed by atoms with E-state index in [4.69, 9.17) is 74.6 Å². The van der Waals surface area contributed by atoms with Crippen molar-refractivity contribution in [3.05, 3.63) is 0 Å². The maximum atomic E-state index is 10.3. The number of carboxylic acid groups (broad SMARTS) is 8. The SMILES string of the molecule is CC(N)C(=O)O.NC(CCC(=O)O)C(=O)O.NC(CO)C(=O)O.NC(CSSCC(N)C(=O)O)C(=O)O.NCC(=O)O.O=C(O)[C@@H]1CCCN1. The lowest BCUT2D eigenvalue weighted by atomic mass is 10.2. The number of nitrogens with one attached hydrogen (secondary N) is 1. The van der Waals surface area contributed by atoms with Crippen molar-refractivity contribution in [2.24, 2.45) is 34.4 Å². The molecule has 0 radical (unpaired) electrons. The van der Waals surface area contributed by atoms with E-state index in [1.165, 1.54) is 28.5 Å². The molecule has 26 heteroatoms. The van der Waals surface area contributed by atoms with Crippen LogP contribution < -0.4 is 39.7 Å². The van der Waals surface area contributed by atoms with Crippen LogP contribution in [0.25, 0.3) is 0 Å². The molecule has 0 spiro atoms. The molecule has 22 N–H and O–H groups in total. The maximum absolute atomic E-state index is 10.3. The van der Waals surface area contributed by atoms with E-state index >= 15 is 0 Å². The van der Waals surface area contributed by atoms with Crippen LogP contribution in [-0.2, 0) is 38.4 Å². The summed E-state index contributed by atoms with van der Waals surface area (Å²) in [6.07, 6.45) is 1.56. The van der Waals surface area contributed by atoms with Crippen LogP contribution in [0.15, 0.2) is 0 Å². The molecule has 1 rings (SSSR count). The molecule has 1 heterocycles. The number of carbonyl (C=O) groups is 8. The van der Waals surface area contributed by atoms with Gasteiger partial charge in [-0.15, -0.1) is 0 Å². The summed E-state index contributed by atoms with van der Waals surface area (Å²) in [5.74, 6) is -7.71. The van der Waals surface area contributed by atoms with Crippen LogP contribution in [0.4, 0.5) is 0 Å². The minimum Gasteiger partial charge on any atom is -0.481 e. The molecule has 0 amide bonds. The van der Waals surface area contributed by atoms with Gasteiger partial charge in [-0.05, 0) is 32.7 Å². The van der Waals surface area contributed by atoms with E-state index in [0.717, 1.165) is 19.4 Å². The second-order valence-corrected chi connectivity index (χ2v) is 11.7. The highest BCUT2D eigenvalue weighted by molar-refractivity contribution is 8.76. The van der Waals surface area contributed by atoms with Crippen LogP contribution in [0.3, 0.4) is 0 Å².